The first-order valence-electron chi connectivity index (χ1n) is 8.72. The zero-order chi connectivity index (χ0) is 18.3. The molecular formula is C23H22N2O2. The molecule has 0 aliphatic carbocycles. The molecule has 0 amide bonds. The highest BCUT2D eigenvalue weighted by molar-refractivity contribution is 6.02. The molecule has 2 N–H and O–H groups in total. The number of para-hydroxylation sites is 2. The lowest BCUT2D eigenvalue weighted by Crippen LogP contribution is -2.08. The smallest absolute Gasteiger partial charge is 0.197 e. The van der Waals surface area contributed by atoms with Gasteiger partial charge in [-0.25, -0.2) is 0 Å². The van der Waals surface area contributed by atoms with E-state index >= 15 is 0 Å². The van der Waals surface area contributed by atoms with Crippen molar-refractivity contribution in [3.8, 4) is 0 Å². The Morgan fingerprint density at radius 3 is 1.33 bits per heavy atom. The number of fused-ring (bicyclic) bond motifs is 4. The lowest BCUT2D eigenvalue weighted by molar-refractivity contribution is 1.46. The monoisotopic (exact) mass is 358 g/mol. The molecule has 2 heterocycles. The van der Waals surface area contributed by atoms with Gasteiger partial charge in [0.05, 0.1) is 11.0 Å². The van der Waals surface area contributed by atoms with E-state index in [-0.39, 0.29) is 18.3 Å². The zero-order valence-corrected chi connectivity index (χ0v) is 14.6. The van der Waals surface area contributed by atoms with Crippen molar-refractivity contribution in [3.63, 3.8) is 0 Å². The Bertz CT molecular complexity index is 1290. The highest BCUT2D eigenvalue weighted by atomic mass is 16.1. The van der Waals surface area contributed by atoms with Crippen molar-refractivity contribution in [1.29, 1.82) is 0 Å². The van der Waals surface area contributed by atoms with Gasteiger partial charge in [0, 0.05) is 32.6 Å². The quantitative estimate of drug-likeness (QED) is 0.367. The average Bonchev–Trinajstić information content (AvgIpc) is 2.69. The van der Waals surface area contributed by atoms with E-state index in [4.69, 9.17) is 0 Å². The van der Waals surface area contributed by atoms with Crippen LogP contribution in [0.4, 0.5) is 0 Å². The van der Waals surface area contributed by atoms with E-state index in [0.29, 0.717) is 32.6 Å². The van der Waals surface area contributed by atoms with Crippen LogP contribution >= 0.6 is 0 Å². The molecule has 5 aromatic rings. The van der Waals surface area contributed by atoms with E-state index in [1.807, 2.05) is 50.2 Å². The van der Waals surface area contributed by atoms with Gasteiger partial charge in [0.1, 0.15) is 0 Å². The van der Waals surface area contributed by atoms with Crippen LogP contribution in [0.5, 0.6) is 0 Å². The second kappa shape index (κ2) is 7.08. The van der Waals surface area contributed by atoms with Crippen molar-refractivity contribution in [3.05, 3.63) is 81.1 Å². The Labute approximate surface area is 156 Å². The van der Waals surface area contributed by atoms with Gasteiger partial charge in [-0.15, -0.1) is 0 Å². The lowest BCUT2D eigenvalue weighted by Gasteiger charge is -2.06. The molecule has 0 atom stereocenters. The van der Waals surface area contributed by atoms with Crippen LogP contribution in [0.3, 0.4) is 0 Å². The molecule has 0 aliphatic rings. The fraction of sp³-hybridized carbons (Fsp3) is 0.130. The van der Waals surface area contributed by atoms with Crippen molar-refractivity contribution in [2.24, 2.45) is 0 Å². The number of aromatic nitrogens is 2. The summed E-state index contributed by atoms with van der Waals surface area (Å²) in [6, 6.07) is 18.3. The highest BCUT2D eigenvalue weighted by Crippen LogP contribution is 2.21. The Hall–Kier alpha value is -3.40. The molecule has 0 bridgehead atoms. The van der Waals surface area contributed by atoms with Crippen molar-refractivity contribution in [2.75, 3.05) is 0 Å². The minimum Gasteiger partial charge on any atom is -0.354 e. The van der Waals surface area contributed by atoms with Crippen LogP contribution in [0.2, 0.25) is 0 Å². The topological polar surface area (TPSA) is 65.7 Å². The van der Waals surface area contributed by atoms with Gasteiger partial charge in [-0.1, -0.05) is 45.5 Å². The molecule has 136 valence electrons. The molecular weight excluding hydrogens is 336 g/mol. The molecule has 27 heavy (non-hydrogen) atoms. The number of hydrogen-bond donors (Lipinski definition) is 2. The van der Waals surface area contributed by atoms with Crippen molar-refractivity contribution < 1.29 is 0 Å². The van der Waals surface area contributed by atoms with Crippen molar-refractivity contribution in [2.45, 2.75) is 21.3 Å². The van der Waals surface area contributed by atoms with Gasteiger partial charge in [0.2, 0.25) is 0 Å². The third kappa shape index (κ3) is 2.79. The number of H-pyrrole nitrogens is 2. The van der Waals surface area contributed by atoms with E-state index in [2.05, 4.69) is 9.97 Å². The van der Waals surface area contributed by atoms with Crippen molar-refractivity contribution in [1.82, 2.24) is 9.97 Å². The molecule has 4 heteroatoms. The van der Waals surface area contributed by atoms with Crippen LogP contribution in [-0.2, 0) is 0 Å². The summed E-state index contributed by atoms with van der Waals surface area (Å²) in [6.07, 6.45) is 0. The lowest BCUT2D eigenvalue weighted by atomic mass is 10.1. The van der Waals surface area contributed by atoms with E-state index in [1.165, 1.54) is 0 Å². The first-order valence-corrected chi connectivity index (χ1v) is 8.72. The van der Waals surface area contributed by atoms with Gasteiger partial charge in [0.25, 0.3) is 0 Å². The number of nitrogens with one attached hydrogen (secondary N) is 2. The summed E-state index contributed by atoms with van der Waals surface area (Å²) in [4.78, 5) is 32.1. The maximum Gasteiger partial charge on any atom is 0.197 e. The standard InChI is InChI=1S/C20H12N2O2.C2H6.CH4/c23-19-11-5-1-3-7-15(11)21-17-10-14-18(9-13(17)19)22-16-8-4-2-6-12(16)20(14)24;1-2;/h1-10H,(H,21,23)(H,22,24);1-2H3;1H4. The Morgan fingerprint density at radius 1 is 0.556 bits per heavy atom. The summed E-state index contributed by atoms with van der Waals surface area (Å²) in [5.41, 5.74) is 2.82. The normalized spacial score (nSPS) is 10.6. The molecule has 5 rings (SSSR count). The molecule has 2 aromatic heterocycles. The van der Waals surface area contributed by atoms with Crippen molar-refractivity contribution >= 4 is 43.6 Å². The SMILES string of the molecule is C.CC.O=c1c2ccccc2[nH]c2cc3c(=O)c4ccccc4[nH]c3cc12. The number of pyridine rings is 2. The predicted molar refractivity (Wildman–Crippen MR) is 116 cm³/mol. The molecule has 0 unspecified atom stereocenters. The zero-order valence-electron chi connectivity index (χ0n) is 14.6. The van der Waals surface area contributed by atoms with E-state index < -0.39 is 0 Å². The van der Waals surface area contributed by atoms with Crippen LogP contribution in [-0.4, -0.2) is 9.97 Å². The van der Waals surface area contributed by atoms with E-state index in [0.717, 1.165) is 11.0 Å². The minimum atomic E-state index is -0.0322. The predicted octanol–water partition coefficient (Wildman–Crippen LogP) is 5.34. The molecule has 4 nitrogen and oxygen atoms in total. The van der Waals surface area contributed by atoms with E-state index in [1.54, 1.807) is 24.3 Å². The molecule has 3 aromatic carbocycles. The van der Waals surface area contributed by atoms with Crippen LogP contribution in [0.15, 0.2) is 70.3 Å². The molecule has 0 radical (unpaired) electrons. The van der Waals surface area contributed by atoms with Gasteiger partial charge < -0.3 is 9.97 Å². The third-order valence-electron chi connectivity index (χ3n) is 4.53. The largest absolute Gasteiger partial charge is 0.354 e. The summed E-state index contributed by atoms with van der Waals surface area (Å²) < 4.78 is 0. The maximum atomic E-state index is 12.8. The molecule has 0 saturated heterocycles. The van der Waals surface area contributed by atoms with Crippen LogP contribution < -0.4 is 10.9 Å². The van der Waals surface area contributed by atoms with Gasteiger partial charge >= 0.3 is 0 Å². The number of benzene rings is 3. The first kappa shape index (κ1) is 18.4. The Kier molecular flexibility index (Phi) is 4.82. The van der Waals surface area contributed by atoms with Crippen LogP contribution in [0.25, 0.3) is 43.6 Å². The Morgan fingerprint density at radius 2 is 0.926 bits per heavy atom. The molecule has 0 aliphatic heterocycles. The second-order valence-electron chi connectivity index (χ2n) is 5.94. The summed E-state index contributed by atoms with van der Waals surface area (Å²) >= 11 is 0. The molecule has 0 saturated carbocycles. The highest BCUT2D eigenvalue weighted by Gasteiger charge is 2.10. The Balaban J connectivity index is 0.000000680. The summed E-state index contributed by atoms with van der Waals surface area (Å²) in [7, 11) is 0. The van der Waals surface area contributed by atoms with Gasteiger partial charge in [-0.05, 0) is 36.4 Å². The van der Waals surface area contributed by atoms with Gasteiger partial charge in [-0.2, -0.15) is 0 Å². The number of hydrogen-bond acceptors (Lipinski definition) is 2. The average molecular weight is 358 g/mol. The fourth-order valence-corrected chi connectivity index (χ4v) is 3.34. The van der Waals surface area contributed by atoms with Crippen LogP contribution in [0.1, 0.15) is 21.3 Å². The fourth-order valence-electron chi connectivity index (χ4n) is 3.34. The maximum absolute atomic E-state index is 12.8. The van der Waals surface area contributed by atoms with Gasteiger partial charge in [0.15, 0.2) is 10.9 Å². The third-order valence-corrected chi connectivity index (χ3v) is 4.53. The minimum absolute atomic E-state index is 0. The first-order chi connectivity index (χ1) is 12.7. The molecule has 0 fully saturated rings. The summed E-state index contributed by atoms with van der Waals surface area (Å²) in [6.45, 7) is 4.00. The second-order valence-corrected chi connectivity index (χ2v) is 5.94. The number of rotatable bonds is 0. The number of aromatic amines is 2. The molecule has 0 spiro atoms. The van der Waals surface area contributed by atoms with Gasteiger partial charge in [-0.3, -0.25) is 9.59 Å². The van der Waals surface area contributed by atoms with Crippen LogP contribution in [0, 0.1) is 0 Å². The van der Waals surface area contributed by atoms with E-state index in [9.17, 15) is 9.59 Å². The summed E-state index contributed by atoms with van der Waals surface area (Å²) in [5, 5.41) is 2.44. The summed E-state index contributed by atoms with van der Waals surface area (Å²) in [5.74, 6) is 0.